The molecule has 1 aromatic carbocycles. The van der Waals surface area contributed by atoms with Crippen molar-refractivity contribution in [2.45, 2.75) is 31.5 Å². The molecule has 0 radical (unpaired) electrons. The number of methoxy groups -OCH3 is 2. The van der Waals surface area contributed by atoms with E-state index in [4.69, 9.17) is 9.47 Å². The van der Waals surface area contributed by atoms with E-state index in [1.807, 2.05) is 4.57 Å². The number of aromatic nitrogens is 3. The minimum Gasteiger partial charge on any atom is -0.497 e. The average Bonchev–Trinajstić information content (AvgIpc) is 3.03. The molecule has 0 saturated heterocycles. The number of ether oxygens (including phenoxy) is 2. The summed E-state index contributed by atoms with van der Waals surface area (Å²) in [5.74, 6) is 2.38. The average molecular weight is 376 g/mol. The number of hydrogen-bond acceptors (Lipinski definition) is 6. The topological polar surface area (TPSA) is 78.3 Å². The number of carbonyl (C=O) groups excluding carboxylic acids is 1. The zero-order chi connectivity index (χ0) is 19.1. The van der Waals surface area contributed by atoms with Gasteiger partial charge in [0, 0.05) is 18.5 Å². The molecule has 140 valence electrons. The SMILES string of the molecule is C=CCn1c(SCC(=O)Nc2ccc(OC)cc2OC)nnc1C(C)C. The van der Waals surface area contributed by atoms with Crippen molar-refractivity contribution >= 4 is 23.4 Å². The summed E-state index contributed by atoms with van der Waals surface area (Å²) >= 11 is 1.34. The van der Waals surface area contributed by atoms with Crippen LogP contribution >= 0.6 is 11.8 Å². The molecule has 26 heavy (non-hydrogen) atoms. The standard InChI is InChI=1S/C18H24N4O3S/c1-6-9-22-17(12(2)3)20-21-18(22)26-11-16(23)19-14-8-7-13(24-4)10-15(14)25-5/h6-8,10,12H,1,9,11H2,2-5H3,(H,19,23). The third kappa shape index (κ3) is 4.78. The number of rotatable bonds is 9. The van der Waals surface area contributed by atoms with E-state index >= 15 is 0 Å². The smallest absolute Gasteiger partial charge is 0.234 e. The van der Waals surface area contributed by atoms with Gasteiger partial charge in [-0.15, -0.1) is 16.8 Å². The molecular weight excluding hydrogens is 352 g/mol. The lowest BCUT2D eigenvalue weighted by molar-refractivity contribution is -0.113. The lowest BCUT2D eigenvalue weighted by Gasteiger charge is -2.12. The van der Waals surface area contributed by atoms with Gasteiger partial charge in [0.15, 0.2) is 5.16 Å². The maximum atomic E-state index is 12.3. The number of nitrogens with zero attached hydrogens (tertiary/aromatic N) is 3. The number of amides is 1. The number of allylic oxidation sites excluding steroid dienone is 1. The van der Waals surface area contributed by atoms with Crippen LogP contribution in [0.2, 0.25) is 0 Å². The fourth-order valence-electron chi connectivity index (χ4n) is 2.35. The van der Waals surface area contributed by atoms with Gasteiger partial charge in [-0.3, -0.25) is 4.79 Å². The first-order chi connectivity index (χ1) is 12.5. The van der Waals surface area contributed by atoms with Crippen molar-refractivity contribution < 1.29 is 14.3 Å². The van der Waals surface area contributed by atoms with Crippen molar-refractivity contribution in [1.82, 2.24) is 14.8 Å². The zero-order valence-corrected chi connectivity index (χ0v) is 16.3. The Morgan fingerprint density at radius 2 is 2.12 bits per heavy atom. The molecule has 1 aromatic heterocycles. The number of anilines is 1. The van der Waals surface area contributed by atoms with Crippen molar-refractivity contribution in [3.8, 4) is 11.5 Å². The zero-order valence-electron chi connectivity index (χ0n) is 15.5. The second kappa shape index (κ2) is 9.28. The van der Waals surface area contributed by atoms with Gasteiger partial charge in [-0.05, 0) is 12.1 Å². The van der Waals surface area contributed by atoms with Gasteiger partial charge in [0.2, 0.25) is 5.91 Å². The van der Waals surface area contributed by atoms with Gasteiger partial charge in [0.05, 0.1) is 25.7 Å². The first kappa shape index (κ1) is 19.8. The summed E-state index contributed by atoms with van der Waals surface area (Å²) in [5.41, 5.74) is 0.592. The molecule has 0 aliphatic carbocycles. The summed E-state index contributed by atoms with van der Waals surface area (Å²) in [7, 11) is 3.12. The number of hydrogen-bond donors (Lipinski definition) is 1. The highest BCUT2D eigenvalue weighted by Gasteiger charge is 2.16. The minimum absolute atomic E-state index is 0.155. The number of nitrogens with one attached hydrogen (secondary N) is 1. The summed E-state index contributed by atoms with van der Waals surface area (Å²) in [6.07, 6.45) is 1.79. The molecule has 0 atom stereocenters. The van der Waals surface area contributed by atoms with E-state index in [9.17, 15) is 4.79 Å². The maximum absolute atomic E-state index is 12.3. The molecule has 1 amide bonds. The van der Waals surface area contributed by atoms with Crippen LogP contribution in [-0.4, -0.2) is 40.6 Å². The van der Waals surface area contributed by atoms with Gasteiger partial charge in [-0.1, -0.05) is 31.7 Å². The molecule has 2 rings (SSSR count). The molecule has 0 aliphatic rings. The first-order valence-corrected chi connectivity index (χ1v) is 9.17. The third-order valence-electron chi connectivity index (χ3n) is 3.59. The molecule has 0 spiro atoms. The Bertz CT molecular complexity index is 774. The van der Waals surface area contributed by atoms with Gasteiger partial charge >= 0.3 is 0 Å². The van der Waals surface area contributed by atoms with Crippen LogP contribution in [0.5, 0.6) is 11.5 Å². The summed E-state index contributed by atoms with van der Waals surface area (Å²) in [5, 5.41) is 12.0. The fourth-order valence-corrected chi connectivity index (χ4v) is 3.11. The van der Waals surface area contributed by atoms with Gasteiger partial charge < -0.3 is 19.4 Å². The Kier molecular flexibility index (Phi) is 7.08. The Hall–Kier alpha value is -2.48. The number of benzene rings is 1. The van der Waals surface area contributed by atoms with Crippen molar-refractivity contribution in [1.29, 1.82) is 0 Å². The minimum atomic E-state index is -0.155. The largest absolute Gasteiger partial charge is 0.497 e. The van der Waals surface area contributed by atoms with Crippen LogP contribution in [0.4, 0.5) is 5.69 Å². The van der Waals surface area contributed by atoms with Gasteiger partial charge in [0.25, 0.3) is 0 Å². The van der Waals surface area contributed by atoms with E-state index in [1.54, 1.807) is 38.5 Å². The molecule has 1 heterocycles. The van der Waals surface area contributed by atoms with Crippen LogP contribution in [-0.2, 0) is 11.3 Å². The lowest BCUT2D eigenvalue weighted by atomic mass is 10.2. The molecule has 8 heteroatoms. The lowest BCUT2D eigenvalue weighted by Crippen LogP contribution is -2.15. The fraction of sp³-hybridized carbons (Fsp3) is 0.389. The molecule has 0 aliphatic heterocycles. The predicted molar refractivity (Wildman–Crippen MR) is 103 cm³/mol. The van der Waals surface area contributed by atoms with Crippen molar-refractivity contribution in [3.63, 3.8) is 0 Å². The van der Waals surface area contributed by atoms with Crippen molar-refractivity contribution in [3.05, 3.63) is 36.7 Å². The molecule has 0 unspecified atom stereocenters. The highest BCUT2D eigenvalue weighted by molar-refractivity contribution is 7.99. The highest BCUT2D eigenvalue weighted by atomic mass is 32.2. The summed E-state index contributed by atoms with van der Waals surface area (Å²) in [6, 6.07) is 5.23. The molecule has 0 fully saturated rings. The number of thioether (sulfide) groups is 1. The second-order valence-corrected chi connectivity index (χ2v) is 6.74. The van der Waals surface area contributed by atoms with Gasteiger partial charge in [-0.2, -0.15) is 0 Å². The Labute approximate surface area is 157 Å². The Morgan fingerprint density at radius 3 is 2.73 bits per heavy atom. The van der Waals surface area contributed by atoms with Crippen molar-refractivity contribution in [2.24, 2.45) is 0 Å². The van der Waals surface area contributed by atoms with E-state index < -0.39 is 0 Å². The summed E-state index contributed by atoms with van der Waals surface area (Å²) in [4.78, 5) is 12.3. The quantitative estimate of drug-likeness (QED) is 0.534. The summed E-state index contributed by atoms with van der Waals surface area (Å²) < 4.78 is 12.4. The van der Waals surface area contributed by atoms with E-state index in [-0.39, 0.29) is 17.6 Å². The Morgan fingerprint density at radius 1 is 1.35 bits per heavy atom. The normalized spacial score (nSPS) is 10.7. The summed E-state index contributed by atoms with van der Waals surface area (Å²) in [6.45, 7) is 8.49. The molecular formula is C18H24N4O3S. The van der Waals surface area contributed by atoms with E-state index in [0.717, 1.165) is 5.82 Å². The number of carbonyl (C=O) groups is 1. The van der Waals surface area contributed by atoms with Crippen LogP contribution in [0.3, 0.4) is 0 Å². The molecule has 1 N–H and O–H groups in total. The molecule has 0 bridgehead atoms. The van der Waals surface area contributed by atoms with E-state index in [1.165, 1.54) is 11.8 Å². The first-order valence-electron chi connectivity index (χ1n) is 8.18. The van der Waals surface area contributed by atoms with Crippen LogP contribution in [0.1, 0.15) is 25.6 Å². The van der Waals surface area contributed by atoms with Crippen LogP contribution in [0, 0.1) is 0 Å². The van der Waals surface area contributed by atoms with E-state index in [2.05, 4.69) is 35.9 Å². The second-order valence-electron chi connectivity index (χ2n) is 5.80. The third-order valence-corrected chi connectivity index (χ3v) is 4.56. The van der Waals surface area contributed by atoms with Gasteiger partial charge in [-0.25, -0.2) is 0 Å². The van der Waals surface area contributed by atoms with Gasteiger partial charge in [0.1, 0.15) is 17.3 Å². The monoisotopic (exact) mass is 376 g/mol. The van der Waals surface area contributed by atoms with Crippen molar-refractivity contribution in [2.75, 3.05) is 25.3 Å². The predicted octanol–water partition coefficient (Wildman–Crippen LogP) is 3.34. The van der Waals surface area contributed by atoms with Crippen LogP contribution in [0.25, 0.3) is 0 Å². The molecule has 0 saturated carbocycles. The maximum Gasteiger partial charge on any atom is 0.234 e. The highest BCUT2D eigenvalue weighted by Crippen LogP contribution is 2.29. The van der Waals surface area contributed by atoms with Crippen LogP contribution in [0.15, 0.2) is 36.0 Å². The Balaban J connectivity index is 2.04. The van der Waals surface area contributed by atoms with E-state index in [0.29, 0.717) is 28.9 Å². The van der Waals surface area contributed by atoms with Crippen LogP contribution < -0.4 is 14.8 Å². The molecule has 2 aromatic rings. The molecule has 7 nitrogen and oxygen atoms in total.